The lowest BCUT2D eigenvalue weighted by molar-refractivity contribution is 0.0748. The molecule has 3 aromatic rings. The number of furan rings is 1. The van der Waals surface area contributed by atoms with Gasteiger partial charge in [-0.2, -0.15) is 0 Å². The number of halogens is 2. The van der Waals surface area contributed by atoms with Crippen molar-refractivity contribution in [2.75, 3.05) is 0 Å². The van der Waals surface area contributed by atoms with Gasteiger partial charge < -0.3 is 9.52 Å². The highest BCUT2D eigenvalue weighted by atomic mass is 35.5. The fourth-order valence-corrected chi connectivity index (χ4v) is 2.42. The zero-order chi connectivity index (χ0) is 14.3. The van der Waals surface area contributed by atoms with Crippen LogP contribution in [0.15, 0.2) is 52.9 Å². The minimum atomic E-state index is -1.54. The molecule has 1 heterocycles. The predicted molar refractivity (Wildman–Crippen MR) is 76.3 cm³/mol. The molecule has 0 spiro atoms. The van der Waals surface area contributed by atoms with Gasteiger partial charge in [0.15, 0.2) is 0 Å². The van der Waals surface area contributed by atoms with Gasteiger partial charge in [0.2, 0.25) is 0 Å². The quantitative estimate of drug-likeness (QED) is 0.755. The molecule has 20 heavy (non-hydrogen) atoms. The van der Waals surface area contributed by atoms with Crippen molar-refractivity contribution in [1.82, 2.24) is 0 Å². The van der Waals surface area contributed by atoms with Gasteiger partial charge in [-0.3, -0.25) is 0 Å². The van der Waals surface area contributed by atoms with Crippen molar-refractivity contribution in [2.24, 2.45) is 0 Å². The Labute approximate surface area is 120 Å². The van der Waals surface area contributed by atoms with Crippen molar-refractivity contribution in [2.45, 2.75) is 12.5 Å². The molecule has 0 saturated carbocycles. The monoisotopic (exact) mass is 290 g/mol. The van der Waals surface area contributed by atoms with Crippen LogP contribution in [0.3, 0.4) is 0 Å². The minimum absolute atomic E-state index is 0.171. The molecule has 0 saturated heterocycles. The third kappa shape index (κ3) is 2.09. The number of hydrogen-bond donors (Lipinski definition) is 1. The van der Waals surface area contributed by atoms with Crippen molar-refractivity contribution in [3.8, 4) is 0 Å². The van der Waals surface area contributed by atoms with E-state index >= 15 is 0 Å². The van der Waals surface area contributed by atoms with Crippen LogP contribution in [0, 0.1) is 5.82 Å². The van der Waals surface area contributed by atoms with Crippen LogP contribution in [0.2, 0.25) is 5.02 Å². The lowest BCUT2D eigenvalue weighted by Crippen LogP contribution is -2.23. The van der Waals surface area contributed by atoms with E-state index in [0.717, 1.165) is 5.39 Å². The molecule has 2 nitrogen and oxygen atoms in total. The number of aliphatic hydroxyl groups is 1. The SMILES string of the molecule is CC(O)(c1cc2cc(Cl)ccc2o1)c1ccccc1F. The van der Waals surface area contributed by atoms with Gasteiger partial charge in [0.25, 0.3) is 0 Å². The van der Waals surface area contributed by atoms with Crippen LogP contribution in [-0.4, -0.2) is 5.11 Å². The molecule has 2 aromatic carbocycles. The van der Waals surface area contributed by atoms with E-state index < -0.39 is 11.4 Å². The average Bonchev–Trinajstić information content (AvgIpc) is 2.82. The summed E-state index contributed by atoms with van der Waals surface area (Å²) in [6.45, 7) is 1.50. The molecule has 1 atom stereocenters. The molecule has 0 aliphatic rings. The molecule has 0 aliphatic carbocycles. The minimum Gasteiger partial charge on any atom is -0.458 e. The first-order valence-corrected chi connectivity index (χ1v) is 6.53. The fourth-order valence-electron chi connectivity index (χ4n) is 2.24. The lowest BCUT2D eigenvalue weighted by atomic mass is 9.93. The van der Waals surface area contributed by atoms with Crippen molar-refractivity contribution in [1.29, 1.82) is 0 Å². The molecule has 1 unspecified atom stereocenters. The maximum absolute atomic E-state index is 13.9. The molecule has 0 aliphatic heterocycles. The van der Waals surface area contributed by atoms with Crippen molar-refractivity contribution < 1.29 is 13.9 Å². The second-order valence-electron chi connectivity index (χ2n) is 4.84. The molecule has 102 valence electrons. The largest absolute Gasteiger partial charge is 0.458 e. The first-order chi connectivity index (χ1) is 9.48. The molecular formula is C16H12ClFO2. The van der Waals surface area contributed by atoms with E-state index in [1.54, 1.807) is 36.4 Å². The number of hydrogen-bond acceptors (Lipinski definition) is 2. The van der Waals surface area contributed by atoms with Crippen molar-refractivity contribution >= 4 is 22.6 Å². The highest BCUT2D eigenvalue weighted by Crippen LogP contribution is 2.35. The second kappa shape index (κ2) is 4.62. The Hall–Kier alpha value is -1.84. The molecule has 0 radical (unpaired) electrons. The van der Waals surface area contributed by atoms with Gasteiger partial charge in [-0.25, -0.2) is 4.39 Å². The summed E-state index contributed by atoms with van der Waals surface area (Å²) in [6, 6.07) is 12.9. The predicted octanol–water partition coefficient (Wildman–Crippen LogP) is 4.48. The Bertz CT molecular complexity index is 777. The maximum Gasteiger partial charge on any atom is 0.147 e. The summed E-state index contributed by atoms with van der Waals surface area (Å²) in [5, 5.41) is 12.0. The third-order valence-electron chi connectivity index (χ3n) is 3.36. The van der Waals surface area contributed by atoms with Gasteiger partial charge in [-0.15, -0.1) is 0 Å². The van der Waals surface area contributed by atoms with Crippen molar-refractivity contribution in [3.05, 3.63) is 70.7 Å². The highest BCUT2D eigenvalue weighted by Gasteiger charge is 2.32. The Morgan fingerprint density at radius 3 is 2.65 bits per heavy atom. The van der Waals surface area contributed by atoms with Crippen LogP contribution in [0.25, 0.3) is 11.0 Å². The Morgan fingerprint density at radius 1 is 1.15 bits per heavy atom. The lowest BCUT2D eigenvalue weighted by Gasteiger charge is -2.21. The normalized spacial score (nSPS) is 14.4. The Morgan fingerprint density at radius 2 is 1.90 bits per heavy atom. The van der Waals surface area contributed by atoms with Gasteiger partial charge in [0.1, 0.15) is 22.8 Å². The second-order valence-corrected chi connectivity index (χ2v) is 5.28. The highest BCUT2D eigenvalue weighted by molar-refractivity contribution is 6.31. The van der Waals surface area contributed by atoms with E-state index in [1.165, 1.54) is 19.1 Å². The van der Waals surface area contributed by atoms with Gasteiger partial charge in [-0.05, 0) is 37.3 Å². The Balaban J connectivity index is 2.16. The first-order valence-electron chi connectivity index (χ1n) is 6.15. The van der Waals surface area contributed by atoms with Crippen LogP contribution in [0.1, 0.15) is 18.2 Å². The summed E-state index contributed by atoms with van der Waals surface area (Å²) in [5.74, 6) is -0.198. The molecule has 1 aromatic heterocycles. The molecule has 4 heteroatoms. The summed E-state index contributed by atoms with van der Waals surface area (Å²) in [7, 11) is 0. The average molecular weight is 291 g/mol. The van der Waals surface area contributed by atoms with Gasteiger partial charge in [-0.1, -0.05) is 29.8 Å². The summed E-state index contributed by atoms with van der Waals surface area (Å²) in [6.07, 6.45) is 0. The van der Waals surface area contributed by atoms with Crippen molar-refractivity contribution in [3.63, 3.8) is 0 Å². The van der Waals surface area contributed by atoms with E-state index in [4.69, 9.17) is 16.0 Å². The van der Waals surface area contributed by atoms with Crippen LogP contribution in [0.5, 0.6) is 0 Å². The standard InChI is InChI=1S/C16H12ClFO2/c1-16(19,12-4-2-3-5-13(12)18)15-9-10-8-11(17)6-7-14(10)20-15/h2-9,19H,1H3. The van der Waals surface area contributed by atoms with Crippen LogP contribution >= 0.6 is 11.6 Å². The third-order valence-corrected chi connectivity index (χ3v) is 3.59. The summed E-state index contributed by atoms with van der Waals surface area (Å²) in [4.78, 5) is 0. The zero-order valence-electron chi connectivity index (χ0n) is 10.7. The topological polar surface area (TPSA) is 33.4 Å². The number of benzene rings is 2. The van der Waals surface area contributed by atoms with Crippen LogP contribution < -0.4 is 0 Å². The molecule has 3 rings (SSSR count). The molecule has 0 bridgehead atoms. The molecular weight excluding hydrogens is 279 g/mol. The number of fused-ring (bicyclic) bond motifs is 1. The summed E-state index contributed by atoms with van der Waals surface area (Å²) < 4.78 is 19.5. The van der Waals surface area contributed by atoms with E-state index in [9.17, 15) is 9.50 Å². The molecule has 0 fully saturated rings. The van der Waals surface area contributed by atoms with E-state index in [-0.39, 0.29) is 11.3 Å². The van der Waals surface area contributed by atoms with Crippen LogP contribution in [-0.2, 0) is 5.60 Å². The van der Waals surface area contributed by atoms with Crippen LogP contribution in [0.4, 0.5) is 4.39 Å². The maximum atomic E-state index is 13.9. The fraction of sp³-hybridized carbons (Fsp3) is 0.125. The van der Waals surface area contributed by atoms with Gasteiger partial charge in [0.05, 0.1) is 0 Å². The smallest absolute Gasteiger partial charge is 0.147 e. The van der Waals surface area contributed by atoms with E-state index in [2.05, 4.69) is 0 Å². The van der Waals surface area contributed by atoms with E-state index in [1.807, 2.05) is 0 Å². The Kier molecular flexibility index (Phi) is 3.04. The number of rotatable bonds is 2. The molecule has 1 N–H and O–H groups in total. The first kappa shape index (κ1) is 13.2. The molecule has 0 amide bonds. The summed E-state index contributed by atoms with van der Waals surface area (Å²) in [5.41, 5.74) is -0.775. The van der Waals surface area contributed by atoms with Gasteiger partial charge >= 0.3 is 0 Å². The van der Waals surface area contributed by atoms with E-state index in [0.29, 0.717) is 10.6 Å². The van der Waals surface area contributed by atoms with Gasteiger partial charge in [0, 0.05) is 16.0 Å². The zero-order valence-corrected chi connectivity index (χ0v) is 11.5. The summed E-state index contributed by atoms with van der Waals surface area (Å²) >= 11 is 5.92.